The van der Waals surface area contributed by atoms with Crippen LogP contribution in [0.2, 0.25) is 0 Å². The van der Waals surface area contributed by atoms with Crippen LogP contribution in [0.25, 0.3) is 0 Å². The number of nitrogens with zero attached hydrogens (tertiary/aromatic N) is 2. The summed E-state index contributed by atoms with van der Waals surface area (Å²) < 4.78 is 5.85. The molecule has 150 valence electrons. The number of aromatic nitrogens is 2. The van der Waals surface area contributed by atoms with Crippen LogP contribution in [-0.4, -0.2) is 34.6 Å². The number of nitrogen functional groups attached to an aromatic ring is 1. The number of benzene rings is 1. The first-order valence-corrected chi connectivity index (χ1v) is 8.99. The van der Waals surface area contributed by atoms with Crippen molar-refractivity contribution < 1.29 is 4.74 Å². The van der Waals surface area contributed by atoms with E-state index in [4.69, 9.17) is 10.5 Å². The fourth-order valence-corrected chi connectivity index (χ4v) is 3.11. The highest BCUT2D eigenvalue weighted by Crippen LogP contribution is 2.17. The number of nitrogens with one attached hydrogen (secondary N) is 1. The summed E-state index contributed by atoms with van der Waals surface area (Å²) in [6.45, 7) is 3.96. The van der Waals surface area contributed by atoms with Crippen LogP contribution in [-0.2, 0) is 13.0 Å². The van der Waals surface area contributed by atoms with Gasteiger partial charge in [0.2, 0.25) is 0 Å². The Morgan fingerprint density at radius 1 is 1.19 bits per heavy atom. The highest BCUT2D eigenvalue weighted by molar-refractivity contribution is 5.85. The van der Waals surface area contributed by atoms with Gasteiger partial charge in [-0.3, -0.25) is 9.69 Å². The Morgan fingerprint density at radius 2 is 1.96 bits per heavy atom. The van der Waals surface area contributed by atoms with E-state index in [0.29, 0.717) is 18.9 Å². The number of anilines is 1. The molecule has 0 spiro atoms. The Labute approximate surface area is 172 Å². The summed E-state index contributed by atoms with van der Waals surface area (Å²) in [5.74, 6) is 1.54. The van der Waals surface area contributed by atoms with Crippen LogP contribution in [0.5, 0.6) is 5.75 Å². The van der Waals surface area contributed by atoms with Gasteiger partial charge in [0.1, 0.15) is 17.3 Å². The first kappa shape index (κ1) is 23.3. The van der Waals surface area contributed by atoms with E-state index in [9.17, 15) is 4.79 Å². The predicted octanol–water partition coefficient (Wildman–Crippen LogP) is 3.19. The van der Waals surface area contributed by atoms with Gasteiger partial charge >= 0.3 is 0 Å². The van der Waals surface area contributed by atoms with Crippen molar-refractivity contribution in [2.24, 2.45) is 0 Å². The zero-order valence-corrected chi connectivity index (χ0v) is 17.0. The van der Waals surface area contributed by atoms with E-state index in [1.807, 2.05) is 12.1 Å². The van der Waals surface area contributed by atoms with Crippen molar-refractivity contribution in [2.45, 2.75) is 38.6 Å². The summed E-state index contributed by atoms with van der Waals surface area (Å²) in [5, 5.41) is 0. The Morgan fingerprint density at radius 3 is 2.70 bits per heavy atom. The minimum atomic E-state index is -0.375. The maximum Gasteiger partial charge on any atom is 0.296 e. The van der Waals surface area contributed by atoms with E-state index in [1.165, 1.54) is 44.1 Å². The van der Waals surface area contributed by atoms with E-state index in [0.717, 1.165) is 18.7 Å². The molecule has 1 aromatic carbocycles. The molecular weight excluding hydrogens is 387 g/mol. The summed E-state index contributed by atoms with van der Waals surface area (Å²) in [6.07, 6.45) is 6.89. The number of ether oxygens (including phenoxy) is 1. The third kappa shape index (κ3) is 7.40. The number of H-pyrrole nitrogens is 1. The zero-order valence-electron chi connectivity index (χ0n) is 15.4. The molecule has 2 heterocycles. The second-order valence-electron chi connectivity index (χ2n) is 6.54. The van der Waals surface area contributed by atoms with Gasteiger partial charge in [0.15, 0.2) is 0 Å². The van der Waals surface area contributed by atoms with Gasteiger partial charge in [-0.2, -0.15) is 4.98 Å². The molecule has 1 aliphatic heterocycles. The highest BCUT2D eigenvalue weighted by atomic mass is 35.5. The summed E-state index contributed by atoms with van der Waals surface area (Å²) >= 11 is 0. The Hall–Kier alpha value is -1.76. The van der Waals surface area contributed by atoms with Crippen LogP contribution >= 0.6 is 24.8 Å². The number of nitrogens with two attached hydrogens (primary N) is 1. The van der Waals surface area contributed by atoms with Gasteiger partial charge in [0, 0.05) is 19.2 Å². The molecule has 3 rings (SSSR count). The average molecular weight is 415 g/mol. The smallest absolute Gasteiger partial charge is 0.296 e. The van der Waals surface area contributed by atoms with Gasteiger partial charge < -0.3 is 15.5 Å². The minimum Gasteiger partial charge on any atom is -0.494 e. The average Bonchev–Trinajstić information content (AvgIpc) is 2.63. The standard InChI is InChI=1S/C19H26N4O2.2ClH/c20-17-13-21-18(22-19(17)24)8-5-11-25-16-7-4-6-15(12-16)14-23-9-2-1-3-10-23;;/h4,6-7,12-13H,1-3,5,8-11,14,20H2,(H,21,22,24);2*1H. The molecule has 1 fully saturated rings. The summed E-state index contributed by atoms with van der Waals surface area (Å²) in [6, 6.07) is 8.32. The van der Waals surface area contributed by atoms with Crippen LogP contribution in [0, 0.1) is 0 Å². The van der Waals surface area contributed by atoms with Crippen molar-refractivity contribution in [3.8, 4) is 5.75 Å². The number of halogens is 2. The van der Waals surface area contributed by atoms with Crippen LogP contribution in [0.15, 0.2) is 35.3 Å². The number of hydrogen-bond acceptors (Lipinski definition) is 5. The maximum atomic E-state index is 11.4. The summed E-state index contributed by atoms with van der Waals surface area (Å²) in [7, 11) is 0. The van der Waals surface area contributed by atoms with Crippen molar-refractivity contribution in [1.82, 2.24) is 14.9 Å². The first-order chi connectivity index (χ1) is 12.2. The van der Waals surface area contributed by atoms with Gasteiger partial charge in [-0.15, -0.1) is 24.8 Å². The van der Waals surface area contributed by atoms with Crippen LogP contribution in [0.4, 0.5) is 5.69 Å². The molecule has 0 atom stereocenters. The number of rotatable bonds is 7. The van der Waals surface area contributed by atoms with Crippen LogP contribution in [0.3, 0.4) is 0 Å². The quantitative estimate of drug-likeness (QED) is 0.679. The lowest BCUT2D eigenvalue weighted by molar-refractivity contribution is 0.220. The maximum absolute atomic E-state index is 11.4. The van der Waals surface area contributed by atoms with Crippen LogP contribution in [0.1, 0.15) is 37.1 Å². The lowest BCUT2D eigenvalue weighted by Gasteiger charge is -2.26. The normalized spacial score (nSPS) is 14.1. The van der Waals surface area contributed by atoms with Gasteiger partial charge in [0.05, 0.1) is 6.61 Å². The molecule has 0 unspecified atom stereocenters. The summed E-state index contributed by atoms with van der Waals surface area (Å²) in [4.78, 5) is 20.7. The van der Waals surface area contributed by atoms with Gasteiger partial charge in [0.25, 0.3) is 5.56 Å². The van der Waals surface area contributed by atoms with Crippen molar-refractivity contribution in [1.29, 1.82) is 0 Å². The molecule has 2 aromatic rings. The van der Waals surface area contributed by atoms with Gasteiger partial charge in [-0.05, 0) is 50.0 Å². The van der Waals surface area contributed by atoms with Crippen molar-refractivity contribution >= 4 is 30.5 Å². The number of piperidine rings is 1. The van der Waals surface area contributed by atoms with E-state index < -0.39 is 0 Å². The number of likely N-dealkylation sites (tertiary alicyclic amines) is 1. The zero-order chi connectivity index (χ0) is 17.5. The molecule has 3 N–H and O–H groups in total. The van der Waals surface area contributed by atoms with Crippen LogP contribution < -0.4 is 16.0 Å². The topological polar surface area (TPSA) is 84.2 Å². The Kier molecular flexibility index (Phi) is 10.2. The number of aromatic amines is 1. The second-order valence-corrected chi connectivity index (χ2v) is 6.54. The molecule has 1 aromatic heterocycles. The SMILES string of the molecule is Cl.Cl.Nc1c[nH]c(CCCOc2cccc(CN3CCCCC3)c2)nc1=O. The summed E-state index contributed by atoms with van der Waals surface area (Å²) in [5.41, 5.74) is 6.53. The van der Waals surface area contributed by atoms with E-state index in [2.05, 4.69) is 27.0 Å². The number of hydrogen-bond donors (Lipinski definition) is 2. The van der Waals surface area contributed by atoms with E-state index >= 15 is 0 Å². The first-order valence-electron chi connectivity index (χ1n) is 8.99. The molecule has 0 radical (unpaired) electrons. The van der Waals surface area contributed by atoms with Gasteiger partial charge in [-0.1, -0.05) is 18.6 Å². The molecule has 0 saturated carbocycles. The fourth-order valence-electron chi connectivity index (χ4n) is 3.11. The molecule has 1 saturated heterocycles. The molecule has 0 amide bonds. The minimum absolute atomic E-state index is 0. The largest absolute Gasteiger partial charge is 0.494 e. The molecule has 27 heavy (non-hydrogen) atoms. The number of aryl methyl sites for hydroxylation is 1. The molecule has 8 heteroatoms. The lowest BCUT2D eigenvalue weighted by atomic mass is 10.1. The third-order valence-corrected chi connectivity index (χ3v) is 4.46. The van der Waals surface area contributed by atoms with Crippen molar-refractivity contribution in [3.63, 3.8) is 0 Å². The third-order valence-electron chi connectivity index (χ3n) is 4.46. The molecule has 0 bridgehead atoms. The molecule has 0 aliphatic carbocycles. The van der Waals surface area contributed by atoms with Gasteiger partial charge in [-0.25, -0.2) is 0 Å². The van der Waals surface area contributed by atoms with E-state index in [1.54, 1.807) is 0 Å². The molecule has 6 nitrogen and oxygen atoms in total. The highest BCUT2D eigenvalue weighted by Gasteiger charge is 2.10. The lowest BCUT2D eigenvalue weighted by Crippen LogP contribution is -2.29. The van der Waals surface area contributed by atoms with E-state index in [-0.39, 0.29) is 36.1 Å². The Balaban J connectivity index is 0.00000182. The molecular formula is C19H28Cl2N4O2. The second kappa shape index (κ2) is 11.8. The predicted molar refractivity (Wildman–Crippen MR) is 113 cm³/mol. The molecule has 1 aliphatic rings. The van der Waals surface area contributed by atoms with Crippen molar-refractivity contribution in [3.05, 3.63) is 52.2 Å². The Bertz CT molecular complexity index is 748. The fraction of sp³-hybridized carbons (Fsp3) is 0.474. The monoisotopic (exact) mass is 414 g/mol. The van der Waals surface area contributed by atoms with Crippen molar-refractivity contribution in [2.75, 3.05) is 25.4 Å².